The fraction of sp³-hybridized carbons (Fsp3) is 0.600. The van der Waals surface area contributed by atoms with Gasteiger partial charge >= 0.3 is 11.8 Å². The zero-order chi connectivity index (χ0) is 14.2. The SMILES string of the molecule is CCCOS(=O)(=O)C1=CC=C(C)C(F)(F)C1(F)F. The Balaban J connectivity index is 3.26. The van der Waals surface area contributed by atoms with Crippen molar-refractivity contribution in [1.82, 2.24) is 0 Å². The lowest BCUT2D eigenvalue weighted by Crippen LogP contribution is -2.46. The van der Waals surface area contributed by atoms with E-state index in [1.54, 1.807) is 6.92 Å². The monoisotopic (exact) mass is 288 g/mol. The van der Waals surface area contributed by atoms with Gasteiger partial charge in [-0.25, -0.2) is 0 Å². The zero-order valence-corrected chi connectivity index (χ0v) is 10.5. The third-order valence-electron chi connectivity index (χ3n) is 2.40. The van der Waals surface area contributed by atoms with E-state index in [2.05, 4.69) is 4.18 Å². The first kappa shape index (κ1) is 15.2. The molecule has 0 saturated heterocycles. The maximum absolute atomic E-state index is 13.5. The fourth-order valence-electron chi connectivity index (χ4n) is 1.31. The minimum absolute atomic E-state index is 0.253. The molecule has 0 fully saturated rings. The topological polar surface area (TPSA) is 43.4 Å². The van der Waals surface area contributed by atoms with Crippen molar-refractivity contribution in [2.75, 3.05) is 6.61 Å². The molecule has 0 bridgehead atoms. The molecule has 0 heterocycles. The van der Waals surface area contributed by atoms with E-state index in [-0.39, 0.29) is 13.0 Å². The molecule has 0 spiro atoms. The summed E-state index contributed by atoms with van der Waals surface area (Å²) in [5.74, 6) is -9.35. The molecule has 18 heavy (non-hydrogen) atoms. The van der Waals surface area contributed by atoms with Gasteiger partial charge < -0.3 is 0 Å². The Kier molecular flexibility index (Phi) is 3.92. The predicted molar refractivity (Wildman–Crippen MR) is 56.9 cm³/mol. The molecule has 0 aromatic heterocycles. The molecule has 0 amide bonds. The Morgan fingerprint density at radius 3 is 2.22 bits per heavy atom. The molecule has 1 aliphatic carbocycles. The second-order valence-electron chi connectivity index (χ2n) is 3.81. The average molecular weight is 288 g/mol. The van der Waals surface area contributed by atoms with E-state index in [1.807, 2.05) is 0 Å². The van der Waals surface area contributed by atoms with E-state index in [4.69, 9.17) is 0 Å². The van der Waals surface area contributed by atoms with Crippen molar-refractivity contribution in [3.63, 3.8) is 0 Å². The summed E-state index contributed by atoms with van der Waals surface area (Å²) >= 11 is 0. The predicted octanol–water partition coefficient (Wildman–Crippen LogP) is 2.86. The second-order valence-corrected chi connectivity index (χ2v) is 5.39. The van der Waals surface area contributed by atoms with Crippen LogP contribution in [0.3, 0.4) is 0 Å². The lowest BCUT2D eigenvalue weighted by molar-refractivity contribution is -0.158. The van der Waals surface area contributed by atoms with Crippen molar-refractivity contribution in [2.24, 2.45) is 0 Å². The highest BCUT2D eigenvalue weighted by Crippen LogP contribution is 2.48. The first-order chi connectivity index (χ1) is 8.07. The summed E-state index contributed by atoms with van der Waals surface area (Å²) < 4.78 is 80.7. The number of rotatable bonds is 4. The van der Waals surface area contributed by atoms with Crippen LogP contribution in [0.15, 0.2) is 22.6 Å². The van der Waals surface area contributed by atoms with E-state index in [0.717, 1.165) is 6.92 Å². The minimum Gasteiger partial charge on any atom is -0.266 e. The number of halogens is 4. The van der Waals surface area contributed by atoms with Crippen LogP contribution in [0.5, 0.6) is 0 Å². The summed E-state index contributed by atoms with van der Waals surface area (Å²) in [6, 6.07) is 0. The van der Waals surface area contributed by atoms with Gasteiger partial charge in [0.2, 0.25) is 0 Å². The molecule has 0 saturated carbocycles. The lowest BCUT2D eigenvalue weighted by Gasteiger charge is -2.31. The molecule has 1 aliphatic rings. The fourth-order valence-corrected chi connectivity index (χ4v) is 2.50. The normalized spacial score (nSPS) is 22.3. The third-order valence-corrected chi connectivity index (χ3v) is 3.80. The molecule has 0 radical (unpaired) electrons. The lowest BCUT2D eigenvalue weighted by atomic mass is 9.98. The van der Waals surface area contributed by atoms with Gasteiger partial charge in [0.1, 0.15) is 4.91 Å². The molecule has 0 N–H and O–H groups in total. The molecule has 0 aromatic rings. The van der Waals surface area contributed by atoms with Crippen molar-refractivity contribution in [2.45, 2.75) is 32.1 Å². The highest BCUT2D eigenvalue weighted by molar-refractivity contribution is 7.90. The molecule has 3 nitrogen and oxygen atoms in total. The maximum atomic E-state index is 13.5. The summed E-state index contributed by atoms with van der Waals surface area (Å²) in [5.41, 5.74) is -0.901. The number of hydrogen-bond acceptors (Lipinski definition) is 3. The van der Waals surface area contributed by atoms with Gasteiger partial charge in [-0.15, -0.1) is 0 Å². The Labute approximate surface area is 102 Å². The quantitative estimate of drug-likeness (QED) is 0.590. The molecule has 104 valence electrons. The molecule has 0 aliphatic heterocycles. The van der Waals surface area contributed by atoms with Gasteiger partial charge in [0.25, 0.3) is 10.1 Å². The van der Waals surface area contributed by atoms with E-state index in [1.165, 1.54) is 0 Å². The van der Waals surface area contributed by atoms with Crippen LogP contribution in [-0.4, -0.2) is 26.9 Å². The Hall–Kier alpha value is -0.890. The molecule has 8 heteroatoms. The van der Waals surface area contributed by atoms with Crippen LogP contribution in [0.25, 0.3) is 0 Å². The number of allylic oxidation sites excluding steroid dienone is 4. The summed E-state index contributed by atoms with van der Waals surface area (Å²) in [6.45, 7) is 2.02. The van der Waals surface area contributed by atoms with Crippen LogP contribution in [0.2, 0.25) is 0 Å². The molecule has 1 rings (SSSR count). The molecule has 0 unspecified atom stereocenters. The van der Waals surface area contributed by atoms with E-state index < -0.39 is 32.4 Å². The summed E-state index contributed by atoms with van der Waals surface area (Å²) in [4.78, 5) is -1.71. The molecular weight excluding hydrogens is 276 g/mol. The van der Waals surface area contributed by atoms with Gasteiger partial charge in [0, 0.05) is 5.57 Å². The van der Waals surface area contributed by atoms with Crippen molar-refractivity contribution in [3.8, 4) is 0 Å². The summed E-state index contributed by atoms with van der Waals surface area (Å²) in [5, 5.41) is 0. The smallest absolute Gasteiger partial charge is 0.266 e. The Bertz CT molecular complexity index is 491. The highest BCUT2D eigenvalue weighted by Gasteiger charge is 2.64. The van der Waals surface area contributed by atoms with Crippen LogP contribution in [0, 0.1) is 0 Å². The zero-order valence-electron chi connectivity index (χ0n) is 9.71. The standard InChI is InChI=1S/C10H12F4O3S/c1-3-6-17-18(15,16)8-5-4-7(2)9(11,12)10(8,13)14/h4-5H,3,6H2,1-2H3. The first-order valence-electron chi connectivity index (χ1n) is 5.12. The van der Waals surface area contributed by atoms with Gasteiger partial charge in [0.05, 0.1) is 6.61 Å². The second kappa shape index (κ2) is 4.65. The van der Waals surface area contributed by atoms with Gasteiger partial charge in [-0.3, -0.25) is 4.18 Å². The van der Waals surface area contributed by atoms with Crippen LogP contribution in [0.1, 0.15) is 20.3 Å². The van der Waals surface area contributed by atoms with E-state index >= 15 is 0 Å². The van der Waals surface area contributed by atoms with Gasteiger partial charge in [-0.2, -0.15) is 26.0 Å². The number of hydrogen-bond donors (Lipinski definition) is 0. The summed E-state index contributed by atoms with van der Waals surface area (Å²) in [7, 11) is -4.86. The van der Waals surface area contributed by atoms with E-state index in [0.29, 0.717) is 12.2 Å². The highest BCUT2D eigenvalue weighted by atomic mass is 32.2. The van der Waals surface area contributed by atoms with Crippen LogP contribution in [0.4, 0.5) is 17.6 Å². The molecular formula is C10H12F4O3S. The molecule has 0 atom stereocenters. The average Bonchev–Trinajstić information content (AvgIpc) is 2.23. The first-order valence-corrected chi connectivity index (χ1v) is 6.52. The van der Waals surface area contributed by atoms with Crippen LogP contribution in [-0.2, 0) is 14.3 Å². The van der Waals surface area contributed by atoms with Gasteiger partial charge in [0.15, 0.2) is 0 Å². The minimum atomic E-state index is -4.86. The van der Waals surface area contributed by atoms with Crippen molar-refractivity contribution in [1.29, 1.82) is 0 Å². The Morgan fingerprint density at radius 2 is 1.72 bits per heavy atom. The van der Waals surface area contributed by atoms with Crippen LogP contribution < -0.4 is 0 Å². The number of alkyl halides is 4. The van der Waals surface area contributed by atoms with Crippen molar-refractivity contribution in [3.05, 3.63) is 22.6 Å². The van der Waals surface area contributed by atoms with Crippen molar-refractivity contribution >= 4 is 10.1 Å². The van der Waals surface area contributed by atoms with Gasteiger partial charge in [-0.05, 0) is 19.4 Å². The van der Waals surface area contributed by atoms with Crippen molar-refractivity contribution < 1.29 is 30.2 Å². The molecule has 0 aromatic carbocycles. The van der Waals surface area contributed by atoms with Gasteiger partial charge in [-0.1, -0.05) is 13.0 Å². The maximum Gasteiger partial charge on any atom is 0.352 e. The van der Waals surface area contributed by atoms with Crippen LogP contribution >= 0.6 is 0 Å². The Morgan fingerprint density at radius 1 is 1.17 bits per heavy atom. The summed E-state index contributed by atoms with van der Waals surface area (Å²) in [6.07, 6.45) is 1.36. The largest absolute Gasteiger partial charge is 0.352 e. The van der Waals surface area contributed by atoms with E-state index in [9.17, 15) is 26.0 Å². The third kappa shape index (κ3) is 2.31.